The molecule has 2 aromatic rings. The number of urea groups is 1. The van der Waals surface area contributed by atoms with Gasteiger partial charge in [0.05, 0.1) is 0 Å². The van der Waals surface area contributed by atoms with Crippen LogP contribution in [0.1, 0.15) is 16.7 Å². The van der Waals surface area contributed by atoms with E-state index in [0.29, 0.717) is 5.02 Å². The molecule has 0 aliphatic rings. The molecular weight excluding hydrogens is 272 g/mol. The van der Waals surface area contributed by atoms with Crippen molar-refractivity contribution in [3.05, 3.63) is 58.1 Å². The summed E-state index contributed by atoms with van der Waals surface area (Å²) in [7, 11) is 0. The Morgan fingerprint density at radius 3 is 2.25 bits per heavy atom. The van der Waals surface area contributed by atoms with Gasteiger partial charge < -0.3 is 10.6 Å². The van der Waals surface area contributed by atoms with Gasteiger partial charge in [-0.2, -0.15) is 0 Å². The number of amides is 2. The maximum Gasteiger partial charge on any atom is 0.323 e. The third-order valence-electron chi connectivity index (χ3n) is 3.06. The van der Waals surface area contributed by atoms with Crippen molar-refractivity contribution in [1.29, 1.82) is 0 Å². The number of nitrogens with one attached hydrogen (secondary N) is 2. The Morgan fingerprint density at radius 2 is 1.60 bits per heavy atom. The molecule has 20 heavy (non-hydrogen) atoms. The van der Waals surface area contributed by atoms with E-state index >= 15 is 0 Å². The highest BCUT2D eigenvalue weighted by molar-refractivity contribution is 6.31. The number of rotatable bonds is 2. The number of anilines is 2. The molecule has 0 saturated carbocycles. The first kappa shape index (κ1) is 14.4. The van der Waals surface area contributed by atoms with Crippen molar-refractivity contribution in [2.24, 2.45) is 0 Å². The van der Waals surface area contributed by atoms with Gasteiger partial charge >= 0.3 is 6.03 Å². The molecule has 0 unspecified atom stereocenters. The lowest BCUT2D eigenvalue weighted by atomic mass is 10.1. The highest BCUT2D eigenvalue weighted by Gasteiger charge is 2.07. The predicted octanol–water partition coefficient (Wildman–Crippen LogP) is 4.91. The van der Waals surface area contributed by atoms with Crippen LogP contribution in [-0.2, 0) is 0 Å². The minimum Gasteiger partial charge on any atom is -0.308 e. The molecule has 0 bridgehead atoms. The van der Waals surface area contributed by atoms with Crippen molar-refractivity contribution in [2.45, 2.75) is 20.8 Å². The van der Waals surface area contributed by atoms with E-state index in [0.717, 1.165) is 28.1 Å². The van der Waals surface area contributed by atoms with Crippen LogP contribution in [0.15, 0.2) is 36.4 Å². The fourth-order valence-corrected chi connectivity index (χ4v) is 2.06. The summed E-state index contributed by atoms with van der Waals surface area (Å²) in [4.78, 5) is 12.0. The molecule has 2 amide bonds. The fourth-order valence-electron chi connectivity index (χ4n) is 1.84. The lowest BCUT2D eigenvalue weighted by Gasteiger charge is -2.11. The van der Waals surface area contributed by atoms with Gasteiger partial charge in [-0.15, -0.1) is 0 Å². The Labute approximate surface area is 124 Å². The van der Waals surface area contributed by atoms with Crippen LogP contribution in [0.25, 0.3) is 0 Å². The van der Waals surface area contributed by atoms with Crippen molar-refractivity contribution in [1.82, 2.24) is 0 Å². The summed E-state index contributed by atoms with van der Waals surface area (Å²) in [6.07, 6.45) is 0. The van der Waals surface area contributed by atoms with Crippen LogP contribution in [0, 0.1) is 20.8 Å². The second-order valence-electron chi connectivity index (χ2n) is 4.86. The molecule has 0 aromatic heterocycles. The van der Waals surface area contributed by atoms with Crippen molar-refractivity contribution in [2.75, 3.05) is 10.6 Å². The van der Waals surface area contributed by atoms with E-state index in [1.165, 1.54) is 0 Å². The van der Waals surface area contributed by atoms with Gasteiger partial charge in [-0.3, -0.25) is 0 Å². The van der Waals surface area contributed by atoms with Crippen LogP contribution in [0.5, 0.6) is 0 Å². The Morgan fingerprint density at radius 1 is 0.950 bits per heavy atom. The summed E-state index contributed by atoms with van der Waals surface area (Å²) < 4.78 is 0. The van der Waals surface area contributed by atoms with E-state index in [9.17, 15) is 4.79 Å². The van der Waals surface area contributed by atoms with E-state index < -0.39 is 0 Å². The minimum absolute atomic E-state index is 0.265. The van der Waals surface area contributed by atoms with Gasteiger partial charge in [0.25, 0.3) is 0 Å². The lowest BCUT2D eigenvalue weighted by Crippen LogP contribution is -2.20. The average molecular weight is 289 g/mol. The topological polar surface area (TPSA) is 41.1 Å². The molecule has 4 heteroatoms. The largest absolute Gasteiger partial charge is 0.323 e. The standard InChI is InChI=1S/C16H17ClN2O/c1-10-4-6-13(7-5-10)18-16(20)19-15-9-11(2)14(17)8-12(15)3/h4-9H,1-3H3,(H2,18,19,20). The van der Waals surface area contributed by atoms with Gasteiger partial charge in [0, 0.05) is 16.4 Å². The number of aryl methyl sites for hydroxylation is 3. The monoisotopic (exact) mass is 288 g/mol. The molecule has 2 N–H and O–H groups in total. The molecular formula is C16H17ClN2O. The summed E-state index contributed by atoms with van der Waals surface area (Å²) >= 11 is 6.04. The summed E-state index contributed by atoms with van der Waals surface area (Å²) in [5.41, 5.74) is 4.54. The summed E-state index contributed by atoms with van der Waals surface area (Å²) in [6, 6.07) is 11.1. The molecule has 0 aliphatic carbocycles. The molecule has 104 valence electrons. The number of benzene rings is 2. The summed E-state index contributed by atoms with van der Waals surface area (Å²) in [5, 5.41) is 6.33. The van der Waals surface area contributed by atoms with Crippen LogP contribution < -0.4 is 10.6 Å². The number of carbonyl (C=O) groups is 1. The Balaban J connectivity index is 2.08. The second kappa shape index (κ2) is 5.97. The zero-order valence-corrected chi connectivity index (χ0v) is 12.5. The summed E-state index contributed by atoms with van der Waals surface area (Å²) in [5.74, 6) is 0. The first-order chi connectivity index (χ1) is 9.45. The molecule has 0 radical (unpaired) electrons. The van der Waals surface area contributed by atoms with Crippen LogP contribution in [0.2, 0.25) is 5.02 Å². The first-order valence-electron chi connectivity index (χ1n) is 6.37. The normalized spacial score (nSPS) is 10.2. The van der Waals surface area contributed by atoms with Gasteiger partial charge in [-0.05, 0) is 56.2 Å². The number of carbonyl (C=O) groups excluding carboxylic acids is 1. The molecule has 2 aromatic carbocycles. The van der Waals surface area contributed by atoms with Crippen LogP contribution in [0.4, 0.5) is 16.2 Å². The molecule has 3 nitrogen and oxygen atoms in total. The van der Waals surface area contributed by atoms with Crippen molar-refractivity contribution in [3.63, 3.8) is 0 Å². The third-order valence-corrected chi connectivity index (χ3v) is 3.47. The molecule has 0 atom stereocenters. The van der Waals surface area contributed by atoms with Crippen LogP contribution in [0.3, 0.4) is 0 Å². The van der Waals surface area contributed by atoms with Crippen molar-refractivity contribution < 1.29 is 4.79 Å². The molecule has 0 spiro atoms. The van der Waals surface area contributed by atoms with E-state index in [4.69, 9.17) is 11.6 Å². The van der Waals surface area contributed by atoms with Gasteiger partial charge in [0.15, 0.2) is 0 Å². The SMILES string of the molecule is Cc1ccc(NC(=O)Nc2cc(C)c(Cl)cc2C)cc1. The van der Waals surface area contributed by atoms with Gasteiger partial charge in [-0.1, -0.05) is 29.3 Å². The third kappa shape index (κ3) is 3.52. The Kier molecular flexibility index (Phi) is 4.30. The quantitative estimate of drug-likeness (QED) is 0.810. The first-order valence-corrected chi connectivity index (χ1v) is 6.75. The molecule has 0 aliphatic heterocycles. The maximum absolute atomic E-state index is 12.0. The van der Waals surface area contributed by atoms with Crippen LogP contribution in [-0.4, -0.2) is 6.03 Å². The van der Waals surface area contributed by atoms with Gasteiger partial charge in [0.2, 0.25) is 0 Å². The van der Waals surface area contributed by atoms with E-state index in [2.05, 4.69) is 10.6 Å². The number of hydrogen-bond donors (Lipinski definition) is 2. The molecule has 0 saturated heterocycles. The summed E-state index contributed by atoms with van der Waals surface area (Å²) in [6.45, 7) is 5.82. The minimum atomic E-state index is -0.265. The molecule has 2 rings (SSSR count). The zero-order chi connectivity index (χ0) is 14.7. The Hall–Kier alpha value is -2.00. The Bertz CT molecular complexity index is 636. The van der Waals surface area contributed by atoms with E-state index in [-0.39, 0.29) is 6.03 Å². The second-order valence-corrected chi connectivity index (χ2v) is 5.27. The highest BCUT2D eigenvalue weighted by Crippen LogP contribution is 2.24. The maximum atomic E-state index is 12.0. The number of halogens is 1. The van der Waals surface area contributed by atoms with Gasteiger partial charge in [0.1, 0.15) is 0 Å². The lowest BCUT2D eigenvalue weighted by molar-refractivity contribution is 0.262. The van der Waals surface area contributed by atoms with Crippen molar-refractivity contribution in [3.8, 4) is 0 Å². The average Bonchev–Trinajstić information content (AvgIpc) is 2.39. The van der Waals surface area contributed by atoms with Gasteiger partial charge in [-0.25, -0.2) is 4.79 Å². The fraction of sp³-hybridized carbons (Fsp3) is 0.188. The van der Waals surface area contributed by atoms with Crippen LogP contribution >= 0.6 is 11.6 Å². The molecule has 0 fully saturated rings. The van der Waals surface area contributed by atoms with E-state index in [1.54, 1.807) is 0 Å². The smallest absolute Gasteiger partial charge is 0.308 e. The highest BCUT2D eigenvalue weighted by atomic mass is 35.5. The van der Waals surface area contributed by atoms with Crippen molar-refractivity contribution >= 4 is 29.0 Å². The predicted molar refractivity (Wildman–Crippen MR) is 84.7 cm³/mol. The molecule has 0 heterocycles. The zero-order valence-electron chi connectivity index (χ0n) is 11.8. The number of hydrogen-bond acceptors (Lipinski definition) is 1. The van der Waals surface area contributed by atoms with E-state index in [1.807, 2.05) is 57.2 Å².